The standard InChI is InChI=1S/C22H26N2O3S/c1-14(2)27-9-6-8-24-21(25)19(18-7-5-10-28-18)20(22(24)26)23-17-12-15(3)11-16(4)13-17/h5,7,10-14,23H,6,8-9H2,1-4H3. The minimum atomic E-state index is -0.280. The van der Waals surface area contributed by atoms with Gasteiger partial charge in [0.2, 0.25) is 0 Å². The summed E-state index contributed by atoms with van der Waals surface area (Å²) in [5, 5.41) is 5.13. The van der Waals surface area contributed by atoms with E-state index in [-0.39, 0.29) is 17.9 Å². The van der Waals surface area contributed by atoms with Gasteiger partial charge in [0.25, 0.3) is 11.8 Å². The molecule has 0 spiro atoms. The molecule has 0 unspecified atom stereocenters. The fourth-order valence-corrected chi connectivity index (χ4v) is 4.05. The van der Waals surface area contributed by atoms with Crippen LogP contribution in [-0.2, 0) is 14.3 Å². The van der Waals surface area contributed by atoms with E-state index in [1.807, 2.05) is 57.3 Å². The molecule has 148 valence electrons. The molecule has 1 N–H and O–H groups in total. The zero-order chi connectivity index (χ0) is 20.3. The van der Waals surface area contributed by atoms with E-state index in [1.165, 1.54) is 16.2 Å². The number of anilines is 1. The number of carbonyl (C=O) groups is 2. The van der Waals surface area contributed by atoms with Gasteiger partial charge in [-0.15, -0.1) is 11.3 Å². The summed E-state index contributed by atoms with van der Waals surface area (Å²) in [4.78, 5) is 28.2. The van der Waals surface area contributed by atoms with Crippen molar-refractivity contribution in [2.75, 3.05) is 18.5 Å². The molecule has 1 aromatic carbocycles. The number of ether oxygens (including phenoxy) is 1. The fourth-order valence-electron chi connectivity index (χ4n) is 3.28. The van der Waals surface area contributed by atoms with Crippen molar-refractivity contribution in [1.82, 2.24) is 4.90 Å². The van der Waals surface area contributed by atoms with Crippen LogP contribution in [0.3, 0.4) is 0 Å². The first-order valence-corrected chi connectivity index (χ1v) is 10.4. The molecule has 2 amide bonds. The van der Waals surface area contributed by atoms with Gasteiger partial charge in [-0.1, -0.05) is 12.1 Å². The highest BCUT2D eigenvalue weighted by Gasteiger charge is 2.39. The van der Waals surface area contributed by atoms with Crippen LogP contribution >= 0.6 is 11.3 Å². The average molecular weight is 399 g/mol. The first kappa shape index (κ1) is 20.3. The molecule has 2 heterocycles. The summed E-state index contributed by atoms with van der Waals surface area (Å²) < 4.78 is 5.54. The maximum Gasteiger partial charge on any atom is 0.278 e. The van der Waals surface area contributed by atoms with Gasteiger partial charge in [0.05, 0.1) is 11.7 Å². The van der Waals surface area contributed by atoms with Crippen molar-refractivity contribution in [2.24, 2.45) is 0 Å². The van der Waals surface area contributed by atoms with Crippen molar-refractivity contribution in [3.05, 3.63) is 57.4 Å². The Bertz CT molecular complexity index is 880. The molecule has 0 saturated heterocycles. The maximum absolute atomic E-state index is 13.1. The summed E-state index contributed by atoms with van der Waals surface area (Å²) >= 11 is 1.46. The summed E-state index contributed by atoms with van der Waals surface area (Å²) in [6.45, 7) is 8.81. The Labute approximate surface area is 170 Å². The smallest absolute Gasteiger partial charge is 0.278 e. The fraction of sp³-hybridized carbons (Fsp3) is 0.364. The number of rotatable bonds is 8. The van der Waals surface area contributed by atoms with Crippen molar-refractivity contribution in [2.45, 2.75) is 40.2 Å². The lowest BCUT2D eigenvalue weighted by Crippen LogP contribution is -2.34. The molecular weight excluding hydrogens is 372 g/mol. The highest BCUT2D eigenvalue weighted by Crippen LogP contribution is 2.33. The molecule has 3 rings (SSSR count). The Morgan fingerprint density at radius 2 is 1.82 bits per heavy atom. The minimum absolute atomic E-state index is 0.131. The van der Waals surface area contributed by atoms with E-state index in [9.17, 15) is 9.59 Å². The number of hydrogen-bond acceptors (Lipinski definition) is 5. The molecule has 1 aliphatic rings. The summed E-state index contributed by atoms with van der Waals surface area (Å²) in [5.41, 5.74) is 3.80. The summed E-state index contributed by atoms with van der Waals surface area (Å²) in [5.74, 6) is -0.527. The predicted octanol–water partition coefficient (Wildman–Crippen LogP) is 4.37. The van der Waals surface area contributed by atoms with Gasteiger partial charge >= 0.3 is 0 Å². The van der Waals surface area contributed by atoms with Gasteiger partial charge in [0.15, 0.2) is 0 Å². The third kappa shape index (κ3) is 4.51. The van der Waals surface area contributed by atoms with Crippen molar-refractivity contribution >= 4 is 34.4 Å². The van der Waals surface area contributed by atoms with Crippen LogP contribution in [0.2, 0.25) is 0 Å². The monoisotopic (exact) mass is 398 g/mol. The van der Waals surface area contributed by atoms with E-state index >= 15 is 0 Å². The zero-order valence-electron chi connectivity index (χ0n) is 16.7. The molecule has 1 aromatic heterocycles. The van der Waals surface area contributed by atoms with Crippen molar-refractivity contribution in [3.8, 4) is 0 Å². The molecule has 0 atom stereocenters. The largest absolute Gasteiger partial charge is 0.379 e. The number of nitrogens with one attached hydrogen (secondary N) is 1. The molecule has 0 fully saturated rings. The summed E-state index contributed by atoms with van der Waals surface area (Å²) in [6, 6.07) is 9.78. The van der Waals surface area contributed by atoms with E-state index in [4.69, 9.17) is 4.74 Å². The molecule has 28 heavy (non-hydrogen) atoms. The lowest BCUT2D eigenvalue weighted by Gasteiger charge is -2.16. The van der Waals surface area contributed by atoms with Gasteiger partial charge in [0.1, 0.15) is 5.70 Å². The topological polar surface area (TPSA) is 58.6 Å². The zero-order valence-corrected chi connectivity index (χ0v) is 17.6. The third-order valence-corrected chi connectivity index (χ3v) is 5.29. The molecular formula is C22H26N2O3S. The van der Waals surface area contributed by atoms with Crippen LogP contribution < -0.4 is 5.32 Å². The Morgan fingerprint density at radius 3 is 2.43 bits per heavy atom. The van der Waals surface area contributed by atoms with Gasteiger partial charge in [-0.25, -0.2) is 0 Å². The number of aryl methyl sites for hydroxylation is 2. The predicted molar refractivity (Wildman–Crippen MR) is 113 cm³/mol. The van der Waals surface area contributed by atoms with Crippen LogP contribution in [0.25, 0.3) is 5.57 Å². The first-order chi connectivity index (χ1) is 13.4. The van der Waals surface area contributed by atoms with Gasteiger partial charge in [0, 0.05) is 23.7 Å². The van der Waals surface area contributed by atoms with Crippen LogP contribution in [0, 0.1) is 13.8 Å². The second-order valence-electron chi connectivity index (χ2n) is 7.26. The van der Waals surface area contributed by atoms with Crippen molar-refractivity contribution in [3.63, 3.8) is 0 Å². The number of amides is 2. The van der Waals surface area contributed by atoms with E-state index in [0.29, 0.717) is 30.8 Å². The summed E-state index contributed by atoms with van der Waals surface area (Å²) in [7, 11) is 0. The van der Waals surface area contributed by atoms with Gasteiger partial charge < -0.3 is 10.1 Å². The Hall–Kier alpha value is -2.44. The second kappa shape index (κ2) is 8.71. The molecule has 0 bridgehead atoms. The highest BCUT2D eigenvalue weighted by atomic mass is 32.1. The number of hydrogen-bond donors (Lipinski definition) is 1. The number of nitrogens with zero attached hydrogens (tertiary/aromatic N) is 1. The molecule has 5 nitrogen and oxygen atoms in total. The number of carbonyl (C=O) groups excluding carboxylic acids is 2. The first-order valence-electron chi connectivity index (χ1n) is 9.48. The number of thiophene rings is 1. The van der Waals surface area contributed by atoms with Gasteiger partial charge in [-0.3, -0.25) is 14.5 Å². The quantitative estimate of drug-likeness (QED) is 0.530. The normalized spacial score (nSPS) is 14.5. The second-order valence-corrected chi connectivity index (χ2v) is 8.21. The van der Waals surface area contributed by atoms with Crippen molar-refractivity contribution < 1.29 is 14.3 Å². The highest BCUT2D eigenvalue weighted by molar-refractivity contribution is 7.11. The maximum atomic E-state index is 13.1. The third-order valence-electron chi connectivity index (χ3n) is 4.40. The number of imide groups is 1. The van der Waals surface area contributed by atoms with Gasteiger partial charge in [-0.2, -0.15) is 0 Å². The van der Waals surface area contributed by atoms with Crippen molar-refractivity contribution in [1.29, 1.82) is 0 Å². The Kier molecular flexibility index (Phi) is 6.31. The van der Waals surface area contributed by atoms with Crippen LogP contribution in [-0.4, -0.2) is 36.0 Å². The molecule has 1 aliphatic heterocycles. The Balaban J connectivity index is 1.86. The van der Waals surface area contributed by atoms with E-state index in [0.717, 1.165) is 21.7 Å². The molecule has 0 radical (unpaired) electrons. The van der Waals surface area contributed by atoms with Crippen LogP contribution in [0.5, 0.6) is 0 Å². The molecule has 2 aromatic rings. The molecule has 6 heteroatoms. The lowest BCUT2D eigenvalue weighted by atomic mass is 10.1. The van der Waals surface area contributed by atoms with E-state index < -0.39 is 0 Å². The lowest BCUT2D eigenvalue weighted by molar-refractivity contribution is -0.137. The Morgan fingerprint density at radius 1 is 1.11 bits per heavy atom. The number of benzene rings is 1. The van der Waals surface area contributed by atoms with Crippen LogP contribution in [0.1, 0.15) is 36.3 Å². The molecule has 0 saturated carbocycles. The van der Waals surface area contributed by atoms with Crippen LogP contribution in [0.4, 0.5) is 5.69 Å². The van der Waals surface area contributed by atoms with Crippen LogP contribution in [0.15, 0.2) is 41.4 Å². The average Bonchev–Trinajstić information content (AvgIpc) is 3.20. The van der Waals surface area contributed by atoms with E-state index in [1.54, 1.807) is 0 Å². The minimum Gasteiger partial charge on any atom is -0.379 e. The summed E-state index contributed by atoms with van der Waals surface area (Å²) in [6.07, 6.45) is 0.746. The SMILES string of the molecule is Cc1cc(C)cc(NC2=C(c3cccs3)C(=O)N(CCCOC(C)C)C2=O)c1. The molecule has 0 aliphatic carbocycles. The van der Waals surface area contributed by atoms with Gasteiger partial charge in [-0.05, 0) is 68.8 Å². The van der Waals surface area contributed by atoms with E-state index in [2.05, 4.69) is 11.4 Å².